The lowest BCUT2D eigenvalue weighted by atomic mass is 9.95. The Morgan fingerprint density at radius 2 is 1.48 bits per heavy atom. The zero-order valence-corrected chi connectivity index (χ0v) is 17.8. The number of carbonyl (C=O) groups excluding carboxylic acids is 2. The maximum Gasteiger partial charge on any atom is 0.416 e. The summed E-state index contributed by atoms with van der Waals surface area (Å²) in [5, 5.41) is 5.15. The minimum absolute atomic E-state index is 0.232. The summed E-state index contributed by atoms with van der Waals surface area (Å²) >= 11 is 0. The summed E-state index contributed by atoms with van der Waals surface area (Å²) in [5.74, 6) is -0.973. The number of carbonyl (C=O) groups is 2. The highest BCUT2D eigenvalue weighted by molar-refractivity contribution is 7.89. The first-order chi connectivity index (χ1) is 14.2. The van der Waals surface area contributed by atoms with E-state index < -0.39 is 44.5 Å². The van der Waals surface area contributed by atoms with Crippen LogP contribution < -0.4 is 15.4 Å². The van der Waals surface area contributed by atoms with Crippen LogP contribution in [-0.4, -0.2) is 26.8 Å². The molecule has 2 aromatic carbocycles. The Labute approximate surface area is 178 Å². The van der Waals surface area contributed by atoms with Gasteiger partial charge in [0.15, 0.2) is 0 Å². The molecule has 0 bridgehead atoms. The molecule has 2 rings (SSSR count). The number of rotatable bonds is 6. The van der Waals surface area contributed by atoms with Crippen molar-refractivity contribution in [2.45, 2.75) is 31.8 Å². The molecule has 0 radical (unpaired) electrons. The minimum Gasteiger partial charge on any atom is -0.326 e. The maximum atomic E-state index is 12.8. The number of nitrogens with one attached hydrogen (secondary N) is 3. The van der Waals surface area contributed by atoms with E-state index in [0.717, 1.165) is 18.2 Å². The van der Waals surface area contributed by atoms with Crippen molar-refractivity contribution in [1.82, 2.24) is 4.72 Å². The van der Waals surface area contributed by atoms with Gasteiger partial charge in [-0.1, -0.05) is 32.9 Å². The summed E-state index contributed by atoms with van der Waals surface area (Å²) in [5.41, 5.74) is -1.01. The van der Waals surface area contributed by atoms with Crippen molar-refractivity contribution in [2.75, 3.05) is 17.2 Å². The highest BCUT2D eigenvalue weighted by atomic mass is 32.2. The average Bonchev–Trinajstić information content (AvgIpc) is 2.65. The van der Waals surface area contributed by atoms with Crippen LogP contribution in [0.5, 0.6) is 0 Å². The van der Waals surface area contributed by atoms with Crippen molar-refractivity contribution < 1.29 is 31.2 Å². The number of hydrogen-bond donors (Lipinski definition) is 3. The van der Waals surface area contributed by atoms with E-state index in [4.69, 9.17) is 0 Å². The lowest BCUT2D eigenvalue weighted by molar-refractivity contribution is -0.137. The smallest absolute Gasteiger partial charge is 0.326 e. The summed E-state index contributed by atoms with van der Waals surface area (Å²) in [6.07, 6.45) is -4.70. The van der Waals surface area contributed by atoms with Crippen LogP contribution >= 0.6 is 0 Å². The molecule has 0 saturated carbocycles. The summed E-state index contributed by atoms with van der Waals surface area (Å²) in [6.45, 7) is 4.52. The molecule has 2 amide bonds. The van der Waals surface area contributed by atoms with E-state index in [2.05, 4.69) is 10.6 Å². The van der Waals surface area contributed by atoms with E-state index in [9.17, 15) is 31.2 Å². The van der Waals surface area contributed by atoms with Gasteiger partial charge in [-0.25, -0.2) is 13.1 Å². The van der Waals surface area contributed by atoms with Crippen LogP contribution in [0.25, 0.3) is 0 Å². The van der Waals surface area contributed by atoms with Crippen molar-refractivity contribution in [3.8, 4) is 0 Å². The molecule has 0 aliphatic heterocycles. The third kappa shape index (κ3) is 7.07. The van der Waals surface area contributed by atoms with Crippen molar-refractivity contribution in [3.05, 3.63) is 54.1 Å². The lowest BCUT2D eigenvalue weighted by Crippen LogP contribution is -2.33. The molecule has 0 atom stereocenters. The van der Waals surface area contributed by atoms with Gasteiger partial charge in [-0.15, -0.1) is 0 Å². The van der Waals surface area contributed by atoms with Gasteiger partial charge >= 0.3 is 6.18 Å². The second-order valence-corrected chi connectivity index (χ2v) is 9.45. The molecule has 7 nitrogen and oxygen atoms in total. The van der Waals surface area contributed by atoms with Gasteiger partial charge in [0.2, 0.25) is 21.8 Å². The molecule has 0 heterocycles. The van der Waals surface area contributed by atoms with Crippen LogP contribution in [0.3, 0.4) is 0 Å². The van der Waals surface area contributed by atoms with E-state index >= 15 is 0 Å². The molecule has 0 aromatic heterocycles. The second-order valence-electron chi connectivity index (χ2n) is 7.68. The topological polar surface area (TPSA) is 104 Å². The zero-order valence-electron chi connectivity index (χ0n) is 17.0. The van der Waals surface area contributed by atoms with Crippen LogP contribution in [0, 0.1) is 5.41 Å². The molecule has 168 valence electrons. The van der Waals surface area contributed by atoms with Crippen molar-refractivity contribution >= 4 is 33.2 Å². The molecule has 2 aromatic rings. The molecular weight excluding hydrogens is 435 g/mol. The first-order valence-corrected chi connectivity index (χ1v) is 10.5. The van der Waals surface area contributed by atoms with Gasteiger partial charge in [-0.3, -0.25) is 9.59 Å². The normalized spacial score (nSPS) is 12.3. The van der Waals surface area contributed by atoms with Crippen molar-refractivity contribution in [1.29, 1.82) is 0 Å². The highest BCUT2D eigenvalue weighted by Crippen LogP contribution is 2.30. The largest absolute Gasteiger partial charge is 0.416 e. The monoisotopic (exact) mass is 457 g/mol. The Bertz CT molecular complexity index is 1080. The summed E-state index contributed by atoms with van der Waals surface area (Å²) in [4.78, 5) is 23.6. The molecule has 0 unspecified atom stereocenters. The number of halogens is 3. The van der Waals surface area contributed by atoms with Gasteiger partial charge in [-0.05, 0) is 36.4 Å². The zero-order chi connectivity index (χ0) is 23.4. The third-order valence-electron chi connectivity index (χ3n) is 3.98. The third-order valence-corrected chi connectivity index (χ3v) is 5.38. The van der Waals surface area contributed by atoms with Crippen molar-refractivity contribution in [3.63, 3.8) is 0 Å². The molecule has 0 saturated heterocycles. The van der Waals surface area contributed by atoms with Gasteiger partial charge in [0.05, 0.1) is 17.0 Å². The molecule has 0 aliphatic rings. The number of anilines is 2. The Morgan fingerprint density at radius 3 is 2.06 bits per heavy atom. The Morgan fingerprint density at radius 1 is 0.903 bits per heavy atom. The fraction of sp³-hybridized carbons (Fsp3) is 0.300. The predicted octanol–water partition coefficient (Wildman–Crippen LogP) is 3.61. The molecule has 3 N–H and O–H groups in total. The summed E-state index contributed by atoms with van der Waals surface area (Å²) in [6, 6.07) is 9.43. The van der Waals surface area contributed by atoms with Gasteiger partial charge in [0.1, 0.15) is 0 Å². The summed E-state index contributed by atoms with van der Waals surface area (Å²) < 4.78 is 64.8. The van der Waals surface area contributed by atoms with Gasteiger partial charge in [0, 0.05) is 16.8 Å². The summed E-state index contributed by atoms with van der Waals surface area (Å²) in [7, 11) is -4.34. The molecule has 0 fully saturated rings. The first kappa shape index (κ1) is 24.4. The number of amides is 2. The van der Waals surface area contributed by atoms with Crippen LogP contribution in [0.2, 0.25) is 0 Å². The maximum absolute atomic E-state index is 12.8. The van der Waals surface area contributed by atoms with E-state index in [1.807, 2.05) is 4.72 Å². The Balaban J connectivity index is 2.02. The van der Waals surface area contributed by atoms with E-state index in [-0.39, 0.29) is 5.91 Å². The van der Waals surface area contributed by atoms with E-state index in [1.54, 1.807) is 32.9 Å². The van der Waals surface area contributed by atoms with Crippen LogP contribution in [0.1, 0.15) is 26.3 Å². The molecule has 0 spiro atoms. The average molecular weight is 457 g/mol. The fourth-order valence-electron chi connectivity index (χ4n) is 2.28. The standard InChI is InChI=1S/C20H22F3N3O4S/c1-19(2,3)18(28)26-15-8-5-7-14(11-15)25-17(27)12-24-31(29,30)16-9-4-6-13(10-16)20(21,22)23/h4-11,24H,12H2,1-3H3,(H,25,27)(H,26,28). The minimum atomic E-state index is -4.70. The number of alkyl halides is 3. The van der Waals surface area contributed by atoms with Gasteiger partial charge in [-0.2, -0.15) is 13.2 Å². The lowest BCUT2D eigenvalue weighted by Gasteiger charge is -2.18. The number of hydrogen-bond acceptors (Lipinski definition) is 4. The predicted molar refractivity (Wildman–Crippen MR) is 110 cm³/mol. The van der Waals surface area contributed by atoms with E-state index in [1.165, 1.54) is 12.1 Å². The first-order valence-electron chi connectivity index (χ1n) is 9.07. The number of sulfonamides is 1. The van der Waals surface area contributed by atoms with E-state index in [0.29, 0.717) is 17.4 Å². The SMILES string of the molecule is CC(C)(C)C(=O)Nc1cccc(NC(=O)CNS(=O)(=O)c2cccc(C(F)(F)F)c2)c1. The Kier molecular flexibility index (Phi) is 7.12. The van der Waals surface area contributed by atoms with Crippen LogP contribution in [0.4, 0.5) is 24.5 Å². The molecule has 0 aliphatic carbocycles. The molecule has 11 heteroatoms. The Hall–Kier alpha value is -2.92. The number of benzene rings is 2. The van der Waals surface area contributed by atoms with Gasteiger partial charge < -0.3 is 10.6 Å². The quantitative estimate of drug-likeness (QED) is 0.616. The van der Waals surface area contributed by atoms with Gasteiger partial charge in [0.25, 0.3) is 0 Å². The van der Waals surface area contributed by atoms with Crippen LogP contribution in [-0.2, 0) is 25.8 Å². The van der Waals surface area contributed by atoms with Crippen molar-refractivity contribution in [2.24, 2.45) is 5.41 Å². The molecular formula is C20H22F3N3O4S. The fourth-order valence-corrected chi connectivity index (χ4v) is 3.31. The highest BCUT2D eigenvalue weighted by Gasteiger charge is 2.31. The van der Waals surface area contributed by atoms with Crippen LogP contribution in [0.15, 0.2) is 53.4 Å². The second kappa shape index (κ2) is 9.06. The molecule has 31 heavy (non-hydrogen) atoms.